The first-order valence-corrected chi connectivity index (χ1v) is 12.3. The fourth-order valence-electron chi connectivity index (χ4n) is 3.14. The molecule has 0 heterocycles. The van der Waals surface area contributed by atoms with E-state index in [1.165, 1.54) is 12.1 Å². The van der Waals surface area contributed by atoms with Gasteiger partial charge in [0.2, 0.25) is 0 Å². The van der Waals surface area contributed by atoms with E-state index < -0.39 is 26.8 Å². The smallest absolute Gasteiger partial charge is 0.379 e. The van der Waals surface area contributed by atoms with Crippen molar-refractivity contribution in [3.8, 4) is 5.75 Å². The van der Waals surface area contributed by atoms with Crippen molar-refractivity contribution in [1.29, 1.82) is 0 Å². The van der Waals surface area contributed by atoms with Crippen LogP contribution in [0, 0.1) is 0 Å². The predicted molar refractivity (Wildman–Crippen MR) is 125 cm³/mol. The average molecular weight is 556 g/mol. The van der Waals surface area contributed by atoms with Crippen molar-refractivity contribution in [3.63, 3.8) is 0 Å². The number of nitrogens with zero attached hydrogens (tertiary/aromatic N) is 1. The highest BCUT2D eigenvalue weighted by molar-refractivity contribution is 9.10. The third kappa shape index (κ3) is 6.38. The van der Waals surface area contributed by atoms with Crippen LogP contribution < -0.4 is 4.18 Å². The van der Waals surface area contributed by atoms with E-state index in [4.69, 9.17) is 4.18 Å². The molecule has 0 saturated carbocycles. The molecule has 180 valence electrons. The minimum atomic E-state index is -4.69. The maximum absolute atomic E-state index is 13.0. The number of alkyl halides is 3. The van der Waals surface area contributed by atoms with Gasteiger partial charge in [-0.25, -0.2) is 0 Å². The SMILES string of the molecule is CC(C)N(Cc1cccc(OS(=O)(=O)c2cccc(C(F)(F)F)c2)c1)C(=O)c1ccc(Br)cc1. The number of rotatable bonds is 7. The number of amides is 1. The number of hydrogen-bond acceptors (Lipinski definition) is 4. The fraction of sp³-hybridized carbons (Fsp3) is 0.208. The van der Waals surface area contributed by atoms with Crippen LogP contribution >= 0.6 is 15.9 Å². The number of hydrogen-bond donors (Lipinski definition) is 0. The minimum Gasteiger partial charge on any atom is -0.379 e. The Morgan fingerprint density at radius 3 is 2.26 bits per heavy atom. The van der Waals surface area contributed by atoms with Crippen molar-refractivity contribution in [2.45, 2.75) is 37.5 Å². The van der Waals surface area contributed by atoms with E-state index in [1.807, 2.05) is 13.8 Å². The van der Waals surface area contributed by atoms with Crippen LogP contribution in [0.4, 0.5) is 13.2 Å². The Bertz CT molecular complexity index is 1280. The van der Waals surface area contributed by atoms with Gasteiger partial charge in [-0.15, -0.1) is 0 Å². The maximum Gasteiger partial charge on any atom is 0.416 e. The summed E-state index contributed by atoms with van der Waals surface area (Å²) in [5, 5.41) is 0. The minimum absolute atomic E-state index is 0.0743. The third-order valence-electron chi connectivity index (χ3n) is 4.88. The largest absolute Gasteiger partial charge is 0.416 e. The zero-order valence-electron chi connectivity index (χ0n) is 18.2. The van der Waals surface area contributed by atoms with Crippen LogP contribution in [-0.4, -0.2) is 25.3 Å². The molecule has 0 saturated heterocycles. The normalized spacial score (nSPS) is 12.0. The molecule has 3 aromatic rings. The summed E-state index contributed by atoms with van der Waals surface area (Å²) in [6.45, 7) is 3.89. The van der Waals surface area contributed by atoms with E-state index in [0.29, 0.717) is 17.2 Å². The van der Waals surface area contributed by atoms with Gasteiger partial charge in [-0.3, -0.25) is 4.79 Å². The Balaban J connectivity index is 1.82. The summed E-state index contributed by atoms with van der Waals surface area (Å²) in [7, 11) is -4.51. The summed E-state index contributed by atoms with van der Waals surface area (Å²) in [6.07, 6.45) is -4.69. The Hall–Kier alpha value is -2.85. The molecule has 34 heavy (non-hydrogen) atoms. The van der Waals surface area contributed by atoms with E-state index in [-0.39, 0.29) is 24.2 Å². The molecule has 0 bridgehead atoms. The van der Waals surface area contributed by atoms with Gasteiger partial charge in [0.1, 0.15) is 10.6 Å². The van der Waals surface area contributed by atoms with Gasteiger partial charge in [-0.2, -0.15) is 21.6 Å². The van der Waals surface area contributed by atoms with Crippen LogP contribution in [0.15, 0.2) is 82.2 Å². The van der Waals surface area contributed by atoms with Crippen LogP contribution in [0.3, 0.4) is 0 Å². The first-order valence-electron chi connectivity index (χ1n) is 10.1. The summed E-state index contributed by atoms with van der Waals surface area (Å²) < 4.78 is 70.0. The molecular weight excluding hydrogens is 535 g/mol. The molecule has 5 nitrogen and oxygen atoms in total. The number of halogens is 4. The molecule has 0 spiro atoms. The first-order chi connectivity index (χ1) is 15.9. The molecule has 3 rings (SSSR count). The monoisotopic (exact) mass is 555 g/mol. The molecule has 0 aliphatic heterocycles. The number of carbonyl (C=O) groups is 1. The van der Waals surface area contributed by atoms with Crippen LogP contribution in [0.25, 0.3) is 0 Å². The van der Waals surface area contributed by atoms with E-state index >= 15 is 0 Å². The molecule has 0 aliphatic carbocycles. The standard InChI is InChI=1S/C24H21BrF3NO4S/c1-16(2)29(23(30)18-9-11-20(25)12-10-18)15-17-5-3-7-21(13-17)33-34(31,32)22-8-4-6-19(14-22)24(26,27)28/h3-14,16H,15H2,1-2H3. The molecule has 0 N–H and O–H groups in total. The van der Waals surface area contributed by atoms with E-state index in [0.717, 1.165) is 22.7 Å². The van der Waals surface area contributed by atoms with Crippen molar-refractivity contribution < 1.29 is 30.6 Å². The van der Waals surface area contributed by atoms with Gasteiger partial charge in [0, 0.05) is 22.6 Å². The number of carbonyl (C=O) groups excluding carboxylic acids is 1. The lowest BCUT2D eigenvalue weighted by Crippen LogP contribution is -2.36. The van der Waals surface area contributed by atoms with Gasteiger partial charge in [0.05, 0.1) is 5.56 Å². The van der Waals surface area contributed by atoms with Gasteiger partial charge < -0.3 is 9.08 Å². The predicted octanol–water partition coefficient (Wildman–Crippen LogP) is 6.29. The first kappa shape index (κ1) is 25.8. The average Bonchev–Trinajstić information content (AvgIpc) is 2.77. The molecule has 1 amide bonds. The van der Waals surface area contributed by atoms with Crippen LogP contribution in [0.2, 0.25) is 0 Å². The van der Waals surface area contributed by atoms with Crippen molar-refractivity contribution in [2.24, 2.45) is 0 Å². The molecule has 0 aromatic heterocycles. The molecule has 0 radical (unpaired) electrons. The molecular formula is C24H21BrF3NO4S. The lowest BCUT2D eigenvalue weighted by Gasteiger charge is -2.27. The summed E-state index contributed by atoms with van der Waals surface area (Å²) in [5.41, 5.74) is -0.00251. The summed E-state index contributed by atoms with van der Waals surface area (Å²) >= 11 is 3.33. The lowest BCUT2D eigenvalue weighted by molar-refractivity contribution is -0.137. The van der Waals surface area contributed by atoms with Crippen LogP contribution in [-0.2, 0) is 22.8 Å². The molecule has 0 fully saturated rings. The Morgan fingerprint density at radius 2 is 1.65 bits per heavy atom. The van der Waals surface area contributed by atoms with E-state index in [1.54, 1.807) is 41.3 Å². The Labute approximate surface area is 204 Å². The van der Waals surface area contributed by atoms with Gasteiger partial charge in [0.15, 0.2) is 0 Å². The topological polar surface area (TPSA) is 63.7 Å². The van der Waals surface area contributed by atoms with Crippen molar-refractivity contribution >= 4 is 32.0 Å². The molecule has 0 atom stereocenters. The molecule has 10 heteroatoms. The van der Waals surface area contributed by atoms with Gasteiger partial charge in [-0.05, 0) is 74.0 Å². The highest BCUT2D eigenvalue weighted by Crippen LogP contribution is 2.31. The second kappa shape index (κ2) is 10.2. The second-order valence-corrected chi connectivity index (χ2v) is 10.2. The van der Waals surface area contributed by atoms with Gasteiger partial charge in [-0.1, -0.05) is 34.1 Å². The third-order valence-corrected chi connectivity index (χ3v) is 6.65. The fourth-order valence-corrected chi connectivity index (χ4v) is 4.38. The zero-order valence-corrected chi connectivity index (χ0v) is 20.6. The maximum atomic E-state index is 13.0. The Morgan fingerprint density at radius 1 is 1.00 bits per heavy atom. The number of benzene rings is 3. The highest BCUT2D eigenvalue weighted by atomic mass is 79.9. The van der Waals surface area contributed by atoms with E-state index in [2.05, 4.69) is 15.9 Å². The second-order valence-electron chi connectivity index (χ2n) is 7.74. The van der Waals surface area contributed by atoms with Crippen molar-refractivity contribution in [1.82, 2.24) is 4.90 Å². The summed E-state index contributed by atoms with van der Waals surface area (Å²) in [5.74, 6) is -0.278. The summed E-state index contributed by atoms with van der Waals surface area (Å²) in [4.78, 5) is 14.0. The molecule has 0 unspecified atom stereocenters. The van der Waals surface area contributed by atoms with Crippen molar-refractivity contribution in [3.05, 3.63) is 94.0 Å². The van der Waals surface area contributed by atoms with Crippen LogP contribution in [0.1, 0.15) is 35.3 Å². The molecule has 0 aliphatic rings. The van der Waals surface area contributed by atoms with Crippen LogP contribution in [0.5, 0.6) is 5.75 Å². The highest BCUT2D eigenvalue weighted by Gasteiger charge is 2.32. The quantitative estimate of drug-likeness (QED) is 0.321. The lowest BCUT2D eigenvalue weighted by atomic mass is 10.1. The zero-order chi connectivity index (χ0) is 25.1. The Kier molecular flexibility index (Phi) is 7.72. The molecule has 3 aromatic carbocycles. The van der Waals surface area contributed by atoms with Gasteiger partial charge >= 0.3 is 16.3 Å². The van der Waals surface area contributed by atoms with Crippen molar-refractivity contribution in [2.75, 3.05) is 0 Å². The van der Waals surface area contributed by atoms with E-state index in [9.17, 15) is 26.4 Å². The summed E-state index contributed by atoms with van der Waals surface area (Å²) in [6, 6.07) is 16.2. The van der Waals surface area contributed by atoms with Gasteiger partial charge in [0.25, 0.3) is 5.91 Å².